The van der Waals surface area contributed by atoms with Crippen LogP contribution in [0.4, 0.5) is 10.1 Å². The highest BCUT2D eigenvalue weighted by Gasteiger charge is 2.11. The Labute approximate surface area is 184 Å². The molecular formula is C21H13FIN3O2S. The second-order valence-electron chi connectivity index (χ2n) is 6.13. The molecule has 4 aromatic rings. The Morgan fingerprint density at radius 1 is 1.07 bits per heavy atom. The summed E-state index contributed by atoms with van der Waals surface area (Å²) in [6, 6.07) is 18.4. The van der Waals surface area contributed by atoms with Gasteiger partial charge in [-0.15, -0.1) is 0 Å². The third kappa shape index (κ3) is 4.60. The van der Waals surface area contributed by atoms with Crippen LogP contribution in [0, 0.1) is 9.39 Å². The molecule has 5 nitrogen and oxygen atoms in total. The predicted octanol–water partition coefficient (Wildman–Crippen LogP) is 5.37. The number of carbonyl (C=O) groups excluding carboxylic acids is 1. The zero-order valence-corrected chi connectivity index (χ0v) is 17.8. The van der Waals surface area contributed by atoms with E-state index >= 15 is 0 Å². The summed E-state index contributed by atoms with van der Waals surface area (Å²) in [7, 11) is 0. The number of nitrogens with one attached hydrogen (secondary N) is 2. The van der Waals surface area contributed by atoms with Gasteiger partial charge in [-0.1, -0.05) is 6.07 Å². The van der Waals surface area contributed by atoms with Gasteiger partial charge in [0.05, 0.1) is 0 Å². The quantitative estimate of drug-likeness (QED) is 0.283. The van der Waals surface area contributed by atoms with Gasteiger partial charge in [-0.2, -0.15) is 0 Å². The van der Waals surface area contributed by atoms with Crippen LogP contribution in [0.2, 0.25) is 0 Å². The Balaban J connectivity index is 1.48. The molecule has 3 aromatic carbocycles. The molecule has 4 rings (SSSR count). The summed E-state index contributed by atoms with van der Waals surface area (Å²) < 4.78 is 19.9. The fraction of sp³-hybridized carbons (Fsp3) is 0. The summed E-state index contributed by atoms with van der Waals surface area (Å²) in [6.07, 6.45) is 0. The number of aromatic nitrogens is 1. The fourth-order valence-corrected chi connectivity index (χ4v) is 3.44. The van der Waals surface area contributed by atoms with E-state index in [1.54, 1.807) is 18.2 Å². The molecule has 0 saturated heterocycles. The summed E-state index contributed by atoms with van der Waals surface area (Å²) in [6.45, 7) is 0. The minimum atomic E-state index is -0.425. The maximum Gasteiger partial charge on any atom is 0.257 e. The van der Waals surface area contributed by atoms with Crippen molar-refractivity contribution < 1.29 is 13.6 Å². The van der Waals surface area contributed by atoms with Crippen LogP contribution in [0.5, 0.6) is 0 Å². The summed E-state index contributed by atoms with van der Waals surface area (Å²) in [5, 5.41) is 5.64. The molecule has 0 bridgehead atoms. The van der Waals surface area contributed by atoms with E-state index in [1.165, 1.54) is 24.3 Å². The second-order valence-corrected chi connectivity index (χ2v) is 7.78. The molecule has 0 fully saturated rings. The molecule has 1 aromatic heterocycles. The highest BCUT2D eigenvalue weighted by atomic mass is 127. The van der Waals surface area contributed by atoms with Crippen LogP contribution >= 0.6 is 34.8 Å². The number of amides is 1. The van der Waals surface area contributed by atoms with E-state index < -0.39 is 11.7 Å². The van der Waals surface area contributed by atoms with Crippen molar-refractivity contribution in [3.63, 3.8) is 0 Å². The van der Waals surface area contributed by atoms with Gasteiger partial charge in [0.25, 0.3) is 5.91 Å². The average molecular weight is 517 g/mol. The molecule has 2 N–H and O–H groups in total. The zero-order valence-electron chi connectivity index (χ0n) is 14.8. The number of anilines is 1. The Bertz CT molecular complexity index is 1220. The second kappa shape index (κ2) is 8.26. The van der Waals surface area contributed by atoms with Crippen molar-refractivity contribution >= 4 is 62.6 Å². The summed E-state index contributed by atoms with van der Waals surface area (Å²) in [4.78, 5) is 16.7. The Morgan fingerprint density at radius 3 is 2.62 bits per heavy atom. The van der Waals surface area contributed by atoms with Crippen molar-refractivity contribution in [3.05, 3.63) is 81.7 Å². The lowest BCUT2D eigenvalue weighted by Crippen LogP contribution is -2.34. The van der Waals surface area contributed by atoms with E-state index in [0.29, 0.717) is 28.2 Å². The van der Waals surface area contributed by atoms with Gasteiger partial charge in [0.15, 0.2) is 10.7 Å². The van der Waals surface area contributed by atoms with Crippen molar-refractivity contribution in [1.82, 2.24) is 10.3 Å². The van der Waals surface area contributed by atoms with E-state index in [-0.39, 0.29) is 5.11 Å². The maximum atomic E-state index is 13.0. The number of hydrogen-bond acceptors (Lipinski definition) is 4. The molecule has 0 aliphatic carbocycles. The van der Waals surface area contributed by atoms with Crippen molar-refractivity contribution in [3.8, 4) is 11.5 Å². The Morgan fingerprint density at radius 2 is 1.86 bits per heavy atom. The van der Waals surface area contributed by atoms with Crippen LogP contribution in [0.3, 0.4) is 0 Å². The summed E-state index contributed by atoms with van der Waals surface area (Å²) >= 11 is 7.43. The van der Waals surface area contributed by atoms with Gasteiger partial charge < -0.3 is 9.73 Å². The van der Waals surface area contributed by atoms with Gasteiger partial charge in [0.2, 0.25) is 5.89 Å². The van der Waals surface area contributed by atoms with E-state index in [1.807, 2.05) is 24.3 Å². The van der Waals surface area contributed by atoms with Crippen molar-refractivity contribution in [2.24, 2.45) is 0 Å². The Hall–Kier alpha value is -2.85. The predicted molar refractivity (Wildman–Crippen MR) is 122 cm³/mol. The Kier molecular flexibility index (Phi) is 5.54. The first kappa shape index (κ1) is 19.5. The maximum absolute atomic E-state index is 13.0. The molecule has 0 atom stereocenters. The van der Waals surface area contributed by atoms with Gasteiger partial charge in [-0.3, -0.25) is 10.1 Å². The molecular weight excluding hydrogens is 504 g/mol. The molecule has 1 amide bonds. The van der Waals surface area contributed by atoms with Crippen molar-refractivity contribution in [2.45, 2.75) is 0 Å². The number of thiocarbonyl (C=S) groups is 1. The van der Waals surface area contributed by atoms with Gasteiger partial charge in [0.1, 0.15) is 11.3 Å². The molecule has 0 aliphatic heterocycles. The average Bonchev–Trinajstić information content (AvgIpc) is 3.12. The van der Waals surface area contributed by atoms with Gasteiger partial charge >= 0.3 is 0 Å². The number of hydrogen-bond donors (Lipinski definition) is 2. The van der Waals surface area contributed by atoms with Crippen LogP contribution in [-0.4, -0.2) is 16.0 Å². The summed E-state index contributed by atoms with van der Waals surface area (Å²) in [5.74, 6) is -0.304. The summed E-state index contributed by atoms with van der Waals surface area (Å²) in [5.41, 5.74) is 3.17. The van der Waals surface area contributed by atoms with Crippen molar-refractivity contribution in [2.75, 3.05) is 5.32 Å². The minimum Gasteiger partial charge on any atom is -0.436 e. The number of benzene rings is 3. The molecule has 1 heterocycles. The van der Waals surface area contributed by atoms with Crippen molar-refractivity contribution in [1.29, 1.82) is 0 Å². The lowest BCUT2D eigenvalue weighted by molar-refractivity contribution is 0.0977. The van der Waals surface area contributed by atoms with Gasteiger partial charge in [-0.05, 0) is 95.5 Å². The molecule has 0 radical (unpaired) electrons. The minimum absolute atomic E-state index is 0.125. The number of fused-ring (bicyclic) bond motifs is 1. The monoisotopic (exact) mass is 517 g/mol. The van der Waals surface area contributed by atoms with Gasteiger partial charge in [-0.25, -0.2) is 9.37 Å². The largest absolute Gasteiger partial charge is 0.436 e. The SMILES string of the molecule is O=C(NC(=S)Nc1ccc2oc(-c3cccc(I)c3)nc2c1)c1ccc(F)cc1. The first-order chi connectivity index (χ1) is 14.0. The molecule has 0 unspecified atom stereocenters. The van der Waals surface area contributed by atoms with Crippen LogP contribution in [0.25, 0.3) is 22.6 Å². The molecule has 0 saturated carbocycles. The lowest BCUT2D eigenvalue weighted by Gasteiger charge is -2.09. The molecule has 0 spiro atoms. The molecule has 8 heteroatoms. The van der Waals surface area contributed by atoms with Crippen LogP contribution < -0.4 is 10.6 Å². The number of rotatable bonds is 3. The number of halogens is 2. The third-order valence-corrected chi connectivity index (χ3v) is 4.93. The highest BCUT2D eigenvalue weighted by molar-refractivity contribution is 14.1. The molecule has 144 valence electrons. The van der Waals surface area contributed by atoms with E-state index in [9.17, 15) is 9.18 Å². The number of carbonyl (C=O) groups is 1. The molecule has 0 aliphatic rings. The molecule has 29 heavy (non-hydrogen) atoms. The topological polar surface area (TPSA) is 67.2 Å². The number of nitrogens with zero attached hydrogens (tertiary/aromatic N) is 1. The third-order valence-electron chi connectivity index (χ3n) is 4.05. The smallest absolute Gasteiger partial charge is 0.257 e. The first-order valence-electron chi connectivity index (χ1n) is 8.52. The normalized spacial score (nSPS) is 10.7. The highest BCUT2D eigenvalue weighted by Crippen LogP contribution is 2.27. The van der Waals surface area contributed by atoms with Crippen LogP contribution in [-0.2, 0) is 0 Å². The van der Waals surface area contributed by atoms with Crippen LogP contribution in [0.1, 0.15) is 10.4 Å². The first-order valence-corrected chi connectivity index (χ1v) is 10.0. The lowest BCUT2D eigenvalue weighted by atomic mass is 10.2. The van der Waals surface area contributed by atoms with E-state index in [0.717, 1.165) is 9.13 Å². The van der Waals surface area contributed by atoms with E-state index in [2.05, 4.69) is 38.2 Å². The number of oxazole rings is 1. The standard InChI is InChI=1S/C21H13FIN3O2S/c22-14-6-4-12(5-7-14)19(27)26-21(29)24-16-8-9-18-17(11-16)25-20(28-18)13-2-1-3-15(23)10-13/h1-11H,(H2,24,26,27,29). The fourth-order valence-electron chi connectivity index (χ4n) is 2.69. The zero-order chi connectivity index (χ0) is 20.4. The van der Waals surface area contributed by atoms with E-state index in [4.69, 9.17) is 16.6 Å². The van der Waals surface area contributed by atoms with Crippen LogP contribution in [0.15, 0.2) is 71.1 Å². The van der Waals surface area contributed by atoms with Gasteiger partial charge in [0, 0.05) is 20.4 Å².